The maximum absolute atomic E-state index is 12.1. The molecular weight excluding hydrogens is 288 g/mol. The number of H-pyrrole nitrogens is 1. The summed E-state index contributed by atoms with van der Waals surface area (Å²) in [4.78, 5) is 6.21. The van der Waals surface area contributed by atoms with E-state index in [2.05, 4.69) is 14.7 Å². The van der Waals surface area contributed by atoms with Crippen molar-refractivity contribution in [2.75, 3.05) is 0 Å². The van der Waals surface area contributed by atoms with Crippen LogP contribution in [0.4, 0.5) is 0 Å². The van der Waals surface area contributed by atoms with Crippen LogP contribution < -0.4 is 4.72 Å². The molecular formula is C14H16N4O2S. The number of hydrogen-bond donors (Lipinski definition) is 2. The second-order valence-electron chi connectivity index (χ2n) is 4.95. The maximum atomic E-state index is 12.1. The zero-order valence-corrected chi connectivity index (χ0v) is 12.4. The van der Waals surface area contributed by atoms with Crippen molar-refractivity contribution in [1.29, 1.82) is 5.26 Å². The molecule has 6 nitrogen and oxygen atoms in total. The van der Waals surface area contributed by atoms with E-state index in [1.165, 1.54) is 12.5 Å². The van der Waals surface area contributed by atoms with Gasteiger partial charge in [0.15, 0.2) is 5.03 Å². The smallest absolute Gasteiger partial charge is 0.258 e. The number of sulfonamides is 1. The Bertz CT molecular complexity index is 720. The molecule has 0 bridgehead atoms. The van der Waals surface area contributed by atoms with E-state index in [0.717, 1.165) is 5.56 Å². The lowest BCUT2D eigenvalue weighted by Gasteiger charge is -2.22. The summed E-state index contributed by atoms with van der Waals surface area (Å²) in [6, 6.07) is 11.7. The Morgan fingerprint density at radius 1 is 1.38 bits per heavy atom. The fourth-order valence-electron chi connectivity index (χ4n) is 1.91. The van der Waals surface area contributed by atoms with Crippen molar-refractivity contribution < 1.29 is 8.42 Å². The number of hydrogen-bond acceptors (Lipinski definition) is 4. The average molecular weight is 304 g/mol. The minimum Gasteiger partial charge on any atom is -0.335 e. The van der Waals surface area contributed by atoms with Crippen LogP contribution in [-0.2, 0) is 16.4 Å². The van der Waals surface area contributed by atoms with Gasteiger partial charge in [0.1, 0.15) is 5.54 Å². The van der Waals surface area contributed by atoms with Gasteiger partial charge in [0.05, 0.1) is 18.6 Å². The van der Waals surface area contributed by atoms with Crippen LogP contribution in [0.2, 0.25) is 0 Å². The van der Waals surface area contributed by atoms with Gasteiger partial charge in [-0.25, -0.2) is 13.4 Å². The highest BCUT2D eigenvalue weighted by molar-refractivity contribution is 7.89. The van der Waals surface area contributed by atoms with Gasteiger partial charge in [-0.15, -0.1) is 0 Å². The summed E-state index contributed by atoms with van der Waals surface area (Å²) in [6.07, 6.45) is 3.47. The molecule has 1 aromatic heterocycles. The number of aryl methyl sites for hydroxylation is 1. The molecule has 1 aromatic carbocycles. The Morgan fingerprint density at radius 2 is 2.10 bits per heavy atom. The molecule has 1 atom stereocenters. The normalized spacial score (nSPS) is 14.3. The summed E-state index contributed by atoms with van der Waals surface area (Å²) in [6.45, 7) is 1.57. The lowest BCUT2D eigenvalue weighted by atomic mass is 9.96. The minimum atomic E-state index is -3.78. The van der Waals surface area contributed by atoms with E-state index < -0.39 is 15.6 Å². The number of aromatic amines is 1. The number of nitrogens with one attached hydrogen (secondary N) is 2. The largest absolute Gasteiger partial charge is 0.335 e. The number of nitrogens with zero attached hydrogens (tertiary/aromatic N) is 2. The predicted molar refractivity (Wildman–Crippen MR) is 77.7 cm³/mol. The van der Waals surface area contributed by atoms with Gasteiger partial charge in [-0.2, -0.15) is 9.98 Å². The van der Waals surface area contributed by atoms with E-state index >= 15 is 0 Å². The molecule has 0 radical (unpaired) electrons. The van der Waals surface area contributed by atoms with Crippen molar-refractivity contribution in [1.82, 2.24) is 14.7 Å². The SMILES string of the molecule is CC(C#N)(CCc1ccccc1)NS(=O)(=O)c1cnc[nH]1. The third-order valence-electron chi connectivity index (χ3n) is 3.13. The van der Waals surface area contributed by atoms with Gasteiger partial charge in [0.2, 0.25) is 0 Å². The molecule has 0 saturated heterocycles. The van der Waals surface area contributed by atoms with Crippen LogP contribution in [-0.4, -0.2) is 23.9 Å². The van der Waals surface area contributed by atoms with Crippen LogP contribution in [0.5, 0.6) is 0 Å². The van der Waals surface area contributed by atoms with Gasteiger partial charge in [-0.3, -0.25) is 0 Å². The standard InChI is InChI=1S/C14H16N4O2S/c1-14(10-15,8-7-12-5-3-2-4-6-12)18-21(19,20)13-9-16-11-17-13/h2-6,9,11,18H,7-8H2,1H3,(H,16,17). The van der Waals surface area contributed by atoms with Gasteiger partial charge < -0.3 is 4.98 Å². The fraction of sp³-hybridized carbons (Fsp3) is 0.286. The number of benzene rings is 1. The van der Waals surface area contributed by atoms with Gasteiger partial charge >= 0.3 is 0 Å². The van der Waals surface area contributed by atoms with E-state index in [1.807, 2.05) is 36.4 Å². The van der Waals surface area contributed by atoms with Crippen LogP contribution >= 0.6 is 0 Å². The summed E-state index contributed by atoms with van der Waals surface area (Å²) < 4.78 is 26.7. The molecule has 0 saturated carbocycles. The van der Waals surface area contributed by atoms with Gasteiger partial charge in [-0.05, 0) is 25.3 Å². The highest BCUT2D eigenvalue weighted by Gasteiger charge is 2.31. The third-order valence-corrected chi connectivity index (χ3v) is 4.65. The molecule has 2 aromatic rings. The monoisotopic (exact) mass is 304 g/mol. The molecule has 2 rings (SSSR count). The Hall–Kier alpha value is -2.17. The Balaban J connectivity index is 2.10. The van der Waals surface area contributed by atoms with Crippen molar-refractivity contribution in [2.24, 2.45) is 0 Å². The first-order chi connectivity index (χ1) is 9.95. The van der Waals surface area contributed by atoms with Crippen molar-refractivity contribution in [2.45, 2.75) is 30.3 Å². The first-order valence-corrected chi connectivity index (χ1v) is 7.91. The quantitative estimate of drug-likeness (QED) is 0.846. The van der Waals surface area contributed by atoms with Gasteiger partial charge in [0, 0.05) is 0 Å². The summed E-state index contributed by atoms with van der Waals surface area (Å²) in [5, 5.41) is 9.27. The second-order valence-corrected chi connectivity index (χ2v) is 6.60. The molecule has 0 amide bonds. The zero-order valence-electron chi connectivity index (χ0n) is 11.6. The van der Waals surface area contributed by atoms with Crippen molar-refractivity contribution in [3.63, 3.8) is 0 Å². The lowest BCUT2D eigenvalue weighted by molar-refractivity contribution is 0.476. The molecule has 1 heterocycles. The maximum Gasteiger partial charge on any atom is 0.258 e. The molecule has 2 N–H and O–H groups in total. The first kappa shape index (κ1) is 15.2. The summed E-state index contributed by atoms with van der Waals surface area (Å²) >= 11 is 0. The lowest BCUT2D eigenvalue weighted by Crippen LogP contribution is -2.45. The Kier molecular flexibility index (Phi) is 4.40. The highest BCUT2D eigenvalue weighted by Crippen LogP contribution is 2.17. The van der Waals surface area contributed by atoms with Crippen LogP contribution in [0.25, 0.3) is 0 Å². The first-order valence-electron chi connectivity index (χ1n) is 6.43. The van der Waals surface area contributed by atoms with E-state index in [1.54, 1.807) is 6.92 Å². The van der Waals surface area contributed by atoms with E-state index in [4.69, 9.17) is 0 Å². The highest BCUT2D eigenvalue weighted by atomic mass is 32.2. The summed E-state index contributed by atoms with van der Waals surface area (Å²) in [7, 11) is -3.78. The minimum absolute atomic E-state index is 0.0521. The summed E-state index contributed by atoms with van der Waals surface area (Å²) in [5.41, 5.74) is -0.125. The van der Waals surface area contributed by atoms with E-state index in [-0.39, 0.29) is 5.03 Å². The van der Waals surface area contributed by atoms with E-state index in [0.29, 0.717) is 12.8 Å². The van der Waals surface area contributed by atoms with Crippen LogP contribution in [0.1, 0.15) is 18.9 Å². The number of aromatic nitrogens is 2. The van der Waals surface area contributed by atoms with Crippen LogP contribution in [0.15, 0.2) is 47.9 Å². The Labute approximate surface area is 123 Å². The Morgan fingerprint density at radius 3 is 2.67 bits per heavy atom. The predicted octanol–water partition coefficient (Wildman–Crippen LogP) is 1.60. The molecule has 0 spiro atoms. The molecule has 1 unspecified atom stereocenters. The third kappa shape index (κ3) is 3.90. The van der Waals surface area contributed by atoms with Crippen molar-refractivity contribution in [3.8, 4) is 6.07 Å². The fourth-order valence-corrected chi connectivity index (χ4v) is 3.17. The van der Waals surface area contributed by atoms with Crippen LogP contribution in [0.3, 0.4) is 0 Å². The molecule has 0 aliphatic heterocycles. The molecule has 7 heteroatoms. The zero-order chi connectivity index (χ0) is 15.3. The number of imidazole rings is 1. The molecule has 110 valence electrons. The molecule has 0 fully saturated rings. The second kappa shape index (κ2) is 6.08. The average Bonchev–Trinajstić information content (AvgIpc) is 3.01. The van der Waals surface area contributed by atoms with E-state index in [9.17, 15) is 13.7 Å². The topological polar surface area (TPSA) is 98.6 Å². The molecule has 21 heavy (non-hydrogen) atoms. The van der Waals surface area contributed by atoms with Gasteiger partial charge in [0.25, 0.3) is 10.0 Å². The molecule has 0 aliphatic carbocycles. The van der Waals surface area contributed by atoms with Crippen molar-refractivity contribution in [3.05, 3.63) is 48.4 Å². The van der Waals surface area contributed by atoms with Crippen molar-refractivity contribution >= 4 is 10.0 Å². The van der Waals surface area contributed by atoms with Gasteiger partial charge in [-0.1, -0.05) is 30.3 Å². The number of nitriles is 1. The van der Waals surface area contributed by atoms with Crippen LogP contribution in [0, 0.1) is 11.3 Å². The number of rotatable bonds is 6. The molecule has 0 aliphatic rings. The summed E-state index contributed by atoms with van der Waals surface area (Å²) in [5.74, 6) is 0.